The fourth-order valence-electron chi connectivity index (χ4n) is 2.01. The van der Waals surface area contributed by atoms with Gasteiger partial charge in [-0.3, -0.25) is 4.79 Å². The van der Waals surface area contributed by atoms with E-state index in [-0.39, 0.29) is 22.6 Å². The van der Waals surface area contributed by atoms with E-state index >= 15 is 0 Å². The number of hydrogen-bond acceptors (Lipinski definition) is 4. The summed E-state index contributed by atoms with van der Waals surface area (Å²) in [5.74, 6) is -4.20. The molecule has 0 aliphatic carbocycles. The van der Waals surface area contributed by atoms with Gasteiger partial charge in [0.2, 0.25) is 5.82 Å². The van der Waals surface area contributed by atoms with Crippen LogP contribution in [0.2, 0.25) is 0 Å². The Hall–Kier alpha value is -3.30. The Labute approximate surface area is 142 Å². The van der Waals surface area contributed by atoms with Crippen molar-refractivity contribution in [3.8, 4) is 11.4 Å². The number of nitrogens with zero attached hydrogens (tertiary/aromatic N) is 2. The quantitative estimate of drug-likeness (QED) is 0.700. The van der Waals surface area contributed by atoms with Crippen molar-refractivity contribution >= 4 is 11.6 Å². The Morgan fingerprint density at radius 2 is 1.73 bits per heavy atom. The van der Waals surface area contributed by atoms with E-state index in [1.165, 1.54) is 24.3 Å². The number of carbonyl (C=O) groups excluding carboxylic acids is 1. The Morgan fingerprint density at radius 3 is 2.31 bits per heavy atom. The SMILES string of the molecule is O=C(Nc1ccc(F)cc1F)c1ccc(-c2noc(C(F)(F)F)n2)cc1. The molecule has 1 heterocycles. The highest BCUT2D eigenvalue weighted by molar-refractivity contribution is 6.04. The van der Waals surface area contributed by atoms with Crippen molar-refractivity contribution < 1.29 is 31.3 Å². The summed E-state index contributed by atoms with van der Waals surface area (Å²) in [5.41, 5.74) is 0.0687. The van der Waals surface area contributed by atoms with Crippen LogP contribution in [-0.2, 0) is 6.18 Å². The minimum atomic E-state index is -4.76. The maximum absolute atomic E-state index is 13.5. The molecule has 26 heavy (non-hydrogen) atoms. The van der Waals surface area contributed by atoms with Crippen molar-refractivity contribution in [2.75, 3.05) is 5.32 Å². The lowest BCUT2D eigenvalue weighted by molar-refractivity contribution is -0.159. The molecule has 134 valence electrons. The number of anilines is 1. The molecule has 10 heteroatoms. The summed E-state index contributed by atoms with van der Waals surface area (Å²) in [6.07, 6.45) is -4.76. The van der Waals surface area contributed by atoms with Crippen LogP contribution in [-0.4, -0.2) is 16.0 Å². The molecule has 0 unspecified atom stereocenters. The molecule has 0 radical (unpaired) electrons. The molecule has 0 aliphatic heterocycles. The zero-order valence-corrected chi connectivity index (χ0v) is 12.6. The predicted octanol–water partition coefficient (Wildman–Crippen LogP) is 4.29. The molecule has 0 fully saturated rings. The van der Waals surface area contributed by atoms with E-state index in [9.17, 15) is 26.7 Å². The van der Waals surface area contributed by atoms with Gasteiger partial charge >= 0.3 is 12.1 Å². The van der Waals surface area contributed by atoms with Gasteiger partial charge in [0.15, 0.2) is 0 Å². The number of alkyl halides is 3. The average Bonchev–Trinajstić information content (AvgIpc) is 3.08. The summed E-state index contributed by atoms with van der Waals surface area (Å²) in [5, 5.41) is 5.48. The highest BCUT2D eigenvalue weighted by atomic mass is 19.4. The van der Waals surface area contributed by atoms with Crippen LogP contribution in [0, 0.1) is 11.6 Å². The number of nitrogens with one attached hydrogen (secondary N) is 1. The van der Waals surface area contributed by atoms with Gasteiger partial charge in [-0.25, -0.2) is 8.78 Å². The van der Waals surface area contributed by atoms with Crippen LogP contribution in [0.25, 0.3) is 11.4 Å². The maximum atomic E-state index is 13.5. The van der Waals surface area contributed by atoms with Gasteiger partial charge in [0, 0.05) is 17.2 Å². The third-order valence-electron chi connectivity index (χ3n) is 3.25. The van der Waals surface area contributed by atoms with E-state index in [4.69, 9.17) is 0 Å². The number of halogens is 5. The number of amides is 1. The molecule has 0 spiro atoms. The lowest BCUT2D eigenvalue weighted by Crippen LogP contribution is -2.13. The molecule has 2 aromatic carbocycles. The fraction of sp³-hybridized carbons (Fsp3) is 0.0625. The first kappa shape index (κ1) is 17.5. The fourth-order valence-corrected chi connectivity index (χ4v) is 2.01. The van der Waals surface area contributed by atoms with Gasteiger partial charge < -0.3 is 9.84 Å². The van der Waals surface area contributed by atoms with Crippen molar-refractivity contribution in [3.05, 3.63) is 65.6 Å². The molecular weight excluding hydrogens is 361 g/mol. The molecule has 1 amide bonds. The van der Waals surface area contributed by atoms with Crippen molar-refractivity contribution in [1.82, 2.24) is 10.1 Å². The number of aromatic nitrogens is 2. The number of rotatable bonds is 3. The Kier molecular flexibility index (Phi) is 4.41. The van der Waals surface area contributed by atoms with E-state index in [1.807, 2.05) is 0 Å². The van der Waals surface area contributed by atoms with Crippen LogP contribution < -0.4 is 5.32 Å². The molecule has 0 bridgehead atoms. The van der Waals surface area contributed by atoms with Crippen molar-refractivity contribution in [1.29, 1.82) is 0 Å². The van der Waals surface area contributed by atoms with Crippen LogP contribution in [0.4, 0.5) is 27.6 Å². The summed E-state index contributed by atoms with van der Waals surface area (Å²) in [7, 11) is 0. The van der Waals surface area contributed by atoms with Crippen molar-refractivity contribution in [2.24, 2.45) is 0 Å². The minimum absolute atomic E-state index is 0.0945. The molecule has 1 N–H and O–H groups in total. The predicted molar refractivity (Wildman–Crippen MR) is 79.0 cm³/mol. The standard InChI is InChI=1S/C16H8F5N3O2/c17-10-5-6-12(11(18)7-10)22-14(25)9-3-1-8(2-4-9)13-23-15(26-24-13)16(19,20)21/h1-7H,(H,22,25). The third-order valence-corrected chi connectivity index (χ3v) is 3.25. The Balaban J connectivity index is 1.76. The van der Waals surface area contributed by atoms with E-state index < -0.39 is 29.6 Å². The summed E-state index contributed by atoms with van der Waals surface area (Å²) < 4.78 is 67.9. The topological polar surface area (TPSA) is 68.0 Å². The summed E-state index contributed by atoms with van der Waals surface area (Å²) >= 11 is 0. The van der Waals surface area contributed by atoms with E-state index in [2.05, 4.69) is 20.0 Å². The van der Waals surface area contributed by atoms with Crippen LogP contribution in [0.5, 0.6) is 0 Å². The van der Waals surface area contributed by atoms with Crippen LogP contribution >= 0.6 is 0 Å². The molecule has 3 aromatic rings. The van der Waals surface area contributed by atoms with Crippen LogP contribution in [0.3, 0.4) is 0 Å². The monoisotopic (exact) mass is 369 g/mol. The zero-order valence-electron chi connectivity index (χ0n) is 12.6. The van der Waals surface area contributed by atoms with Gasteiger partial charge in [0.1, 0.15) is 11.6 Å². The summed E-state index contributed by atoms with van der Waals surface area (Å²) in [4.78, 5) is 15.3. The second-order valence-corrected chi connectivity index (χ2v) is 5.08. The Morgan fingerprint density at radius 1 is 1.04 bits per heavy atom. The second-order valence-electron chi connectivity index (χ2n) is 5.08. The van der Waals surface area contributed by atoms with E-state index in [0.717, 1.165) is 12.1 Å². The van der Waals surface area contributed by atoms with Gasteiger partial charge in [-0.2, -0.15) is 18.2 Å². The minimum Gasteiger partial charge on any atom is -0.329 e. The second kappa shape index (κ2) is 6.54. The lowest BCUT2D eigenvalue weighted by atomic mass is 10.1. The van der Waals surface area contributed by atoms with E-state index in [0.29, 0.717) is 6.07 Å². The maximum Gasteiger partial charge on any atom is 0.471 e. The summed E-state index contributed by atoms with van der Waals surface area (Å²) in [6, 6.07) is 7.85. The number of hydrogen-bond donors (Lipinski definition) is 1. The lowest BCUT2D eigenvalue weighted by Gasteiger charge is -2.06. The van der Waals surface area contributed by atoms with Gasteiger partial charge in [-0.05, 0) is 24.3 Å². The first-order valence-electron chi connectivity index (χ1n) is 7.02. The normalized spacial score (nSPS) is 11.4. The molecule has 0 saturated carbocycles. The van der Waals surface area contributed by atoms with Gasteiger partial charge in [0.05, 0.1) is 5.69 Å². The average molecular weight is 369 g/mol. The molecule has 0 saturated heterocycles. The zero-order chi connectivity index (χ0) is 18.9. The van der Waals surface area contributed by atoms with E-state index in [1.54, 1.807) is 0 Å². The third kappa shape index (κ3) is 3.68. The largest absolute Gasteiger partial charge is 0.471 e. The molecule has 1 aromatic heterocycles. The first-order valence-corrected chi connectivity index (χ1v) is 7.02. The van der Waals surface area contributed by atoms with Crippen molar-refractivity contribution in [2.45, 2.75) is 6.18 Å². The van der Waals surface area contributed by atoms with Crippen LogP contribution in [0.15, 0.2) is 47.0 Å². The Bertz CT molecular complexity index is 951. The molecule has 3 rings (SSSR count). The molecule has 5 nitrogen and oxygen atoms in total. The molecular formula is C16H8F5N3O2. The van der Waals surface area contributed by atoms with Gasteiger partial charge in [-0.1, -0.05) is 17.3 Å². The highest BCUT2D eigenvalue weighted by Gasteiger charge is 2.38. The number of benzene rings is 2. The van der Waals surface area contributed by atoms with Gasteiger partial charge in [0.25, 0.3) is 5.91 Å². The first-order chi connectivity index (χ1) is 12.2. The highest BCUT2D eigenvalue weighted by Crippen LogP contribution is 2.29. The molecule has 0 aliphatic rings. The smallest absolute Gasteiger partial charge is 0.329 e. The van der Waals surface area contributed by atoms with Gasteiger partial charge in [-0.15, -0.1) is 0 Å². The number of carbonyl (C=O) groups is 1. The molecule has 0 atom stereocenters. The van der Waals surface area contributed by atoms with Crippen molar-refractivity contribution in [3.63, 3.8) is 0 Å². The van der Waals surface area contributed by atoms with Crippen LogP contribution in [0.1, 0.15) is 16.2 Å². The summed E-state index contributed by atoms with van der Waals surface area (Å²) in [6.45, 7) is 0.